The van der Waals surface area contributed by atoms with E-state index in [2.05, 4.69) is 78.8 Å². The average molecular weight is 802 g/mol. The van der Waals surface area contributed by atoms with Gasteiger partial charge in [-0.3, -0.25) is 9.69 Å². The summed E-state index contributed by atoms with van der Waals surface area (Å²) >= 11 is 6.96. The SMILES string of the molecule is Cc1c(OCCCN2CCC(O)CC2(C)C)cccc1-c1cccc2c1CC[C@@H]2Oc1cc(OCc2cc(C#N)cc(C#N)c2)c(CN[C@H]2CCC(=O)NC2)cc1Cl. The maximum atomic E-state index is 11.7. The van der Waals surface area contributed by atoms with Crippen molar-refractivity contribution in [2.24, 2.45) is 0 Å². The molecule has 2 heterocycles. The van der Waals surface area contributed by atoms with Crippen LogP contribution in [0, 0.1) is 29.6 Å². The van der Waals surface area contributed by atoms with Gasteiger partial charge in [-0.15, -0.1) is 0 Å². The Hall–Kier alpha value is -5.10. The smallest absolute Gasteiger partial charge is 0.220 e. The van der Waals surface area contributed by atoms with Crippen molar-refractivity contribution in [3.8, 4) is 40.5 Å². The van der Waals surface area contributed by atoms with Gasteiger partial charge in [-0.2, -0.15) is 10.5 Å². The lowest BCUT2D eigenvalue weighted by atomic mass is 9.88. The zero-order valence-corrected chi connectivity index (χ0v) is 34.3. The van der Waals surface area contributed by atoms with E-state index in [0.717, 1.165) is 79.6 Å². The Balaban J connectivity index is 1.07. The molecule has 10 nitrogen and oxygen atoms in total. The van der Waals surface area contributed by atoms with E-state index in [1.165, 1.54) is 11.1 Å². The van der Waals surface area contributed by atoms with Gasteiger partial charge in [0.1, 0.15) is 30.0 Å². The molecule has 1 aliphatic carbocycles. The maximum Gasteiger partial charge on any atom is 0.220 e. The second kappa shape index (κ2) is 18.2. The molecule has 302 valence electrons. The molecule has 3 atom stereocenters. The summed E-state index contributed by atoms with van der Waals surface area (Å²) < 4.78 is 19.5. The van der Waals surface area contributed by atoms with Gasteiger partial charge in [0.2, 0.25) is 5.91 Å². The number of rotatable bonds is 14. The number of halogens is 1. The van der Waals surface area contributed by atoms with E-state index in [9.17, 15) is 20.4 Å². The number of hydrogen-bond donors (Lipinski definition) is 3. The van der Waals surface area contributed by atoms with Crippen LogP contribution in [0.15, 0.2) is 66.7 Å². The fraction of sp³-hybridized carbons (Fsp3) is 0.426. The minimum atomic E-state index is -0.222. The number of nitrogens with zero attached hydrogens (tertiary/aromatic N) is 3. The van der Waals surface area contributed by atoms with Crippen molar-refractivity contribution in [3.63, 3.8) is 0 Å². The molecule has 0 radical (unpaired) electrons. The van der Waals surface area contributed by atoms with Gasteiger partial charge in [0, 0.05) is 55.8 Å². The van der Waals surface area contributed by atoms with Crippen molar-refractivity contribution in [1.82, 2.24) is 15.5 Å². The highest BCUT2D eigenvalue weighted by Gasteiger charge is 2.33. The van der Waals surface area contributed by atoms with Gasteiger partial charge in [0.15, 0.2) is 0 Å². The van der Waals surface area contributed by atoms with E-state index >= 15 is 0 Å². The third-order valence-corrected chi connectivity index (χ3v) is 12.1. The Labute approximate surface area is 346 Å². The summed E-state index contributed by atoms with van der Waals surface area (Å²) in [6.45, 7) is 10.2. The van der Waals surface area contributed by atoms with Crippen molar-refractivity contribution in [1.29, 1.82) is 10.5 Å². The first-order valence-electron chi connectivity index (χ1n) is 20.3. The van der Waals surface area contributed by atoms with Crippen molar-refractivity contribution in [3.05, 3.63) is 111 Å². The van der Waals surface area contributed by atoms with E-state index in [1.54, 1.807) is 18.2 Å². The van der Waals surface area contributed by atoms with Gasteiger partial charge in [-0.25, -0.2) is 0 Å². The number of hydrogen-bond acceptors (Lipinski definition) is 9. The molecule has 3 aliphatic rings. The first-order valence-corrected chi connectivity index (χ1v) is 20.7. The zero-order valence-electron chi connectivity index (χ0n) is 33.6. The number of piperidine rings is 2. The third-order valence-electron chi connectivity index (χ3n) is 11.8. The molecule has 7 rings (SSSR count). The lowest BCUT2D eigenvalue weighted by Crippen LogP contribution is -2.51. The summed E-state index contributed by atoms with van der Waals surface area (Å²) in [7, 11) is 0. The predicted octanol–water partition coefficient (Wildman–Crippen LogP) is 8.08. The quantitative estimate of drug-likeness (QED) is 0.108. The van der Waals surface area contributed by atoms with Gasteiger partial charge in [-0.05, 0) is 123 Å². The minimum absolute atomic E-state index is 0.0157. The number of aliphatic hydroxyl groups excluding tert-OH is 1. The first-order chi connectivity index (χ1) is 28.0. The number of carbonyl (C=O) groups is 1. The van der Waals surface area contributed by atoms with Gasteiger partial charge in [-0.1, -0.05) is 41.9 Å². The average Bonchev–Trinajstić information content (AvgIpc) is 3.63. The second-order valence-corrected chi connectivity index (χ2v) is 16.7. The van der Waals surface area contributed by atoms with Crippen LogP contribution < -0.4 is 24.8 Å². The van der Waals surface area contributed by atoms with Crippen LogP contribution in [0.1, 0.15) is 97.4 Å². The van der Waals surface area contributed by atoms with E-state index in [0.29, 0.717) is 59.3 Å². The van der Waals surface area contributed by atoms with Crippen LogP contribution in [0.2, 0.25) is 5.02 Å². The largest absolute Gasteiger partial charge is 0.493 e. The highest BCUT2D eigenvalue weighted by atomic mass is 35.5. The summed E-state index contributed by atoms with van der Waals surface area (Å²) in [6, 6.07) is 25.7. The number of ether oxygens (including phenoxy) is 3. The van der Waals surface area contributed by atoms with Crippen molar-refractivity contribution in [2.75, 3.05) is 26.2 Å². The summed E-state index contributed by atoms with van der Waals surface area (Å²) in [5, 5.41) is 36.1. The molecule has 2 fully saturated rings. The second-order valence-electron chi connectivity index (χ2n) is 16.3. The van der Waals surface area contributed by atoms with E-state index in [4.69, 9.17) is 25.8 Å². The molecule has 58 heavy (non-hydrogen) atoms. The highest BCUT2D eigenvalue weighted by molar-refractivity contribution is 6.32. The molecule has 2 saturated heterocycles. The molecule has 0 spiro atoms. The lowest BCUT2D eigenvalue weighted by Gasteiger charge is -2.44. The molecule has 0 bridgehead atoms. The molecule has 4 aromatic rings. The van der Waals surface area contributed by atoms with Crippen LogP contribution in [0.4, 0.5) is 0 Å². The van der Waals surface area contributed by atoms with Crippen LogP contribution in [0.5, 0.6) is 17.2 Å². The van der Waals surface area contributed by atoms with Crippen molar-refractivity contribution < 1.29 is 24.1 Å². The number of amides is 1. The number of likely N-dealkylation sites (tertiary alicyclic amines) is 1. The Bertz CT molecular complexity index is 2190. The number of carbonyl (C=O) groups excluding carboxylic acids is 1. The van der Waals surface area contributed by atoms with Gasteiger partial charge >= 0.3 is 0 Å². The summed E-state index contributed by atoms with van der Waals surface area (Å²) in [5.41, 5.74) is 8.09. The Morgan fingerprint density at radius 2 is 1.72 bits per heavy atom. The number of aliphatic hydroxyl groups is 1. The van der Waals surface area contributed by atoms with Crippen LogP contribution >= 0.6 is 11.6 Å². The molecular formula is C47H52ClN5O5. The van der Waals surface area contributed by atoms with Crippen LogP contribution in [-0.4, -0.2) is 59.8 Å². The first kappa shape index (κ1) is 41.1. The van der Waals surface area contributed by atoms with Crippen molar-refractivity contribution in [2.45, 2.75) is 103 Å². The molecule has 3 N–H and O–H groups in total. The van der Waals surface area contributed by atoms with E-state index in [-0.39, 0.29) is 36.3 Å². The number of fused-ring (bicyclic) bond motifs is 1. The normalized spacial score (nSPS) is 20.1. The van der Waals surface area contributed by atoms with E-state index in [1.807, 2.05) is 18.2 Å². The van der Waals surface area contributed by atoms with Crippen LogP contribution in [0.25, 0.3) is 11.1 Å². The lowest BCUT2D eigenvalue weighted by molar-refractivity contribution is -0.122. The molecule has 4 aromatic carbocycles. The standard InChI is InChI=1S/C47H52ClN5O5/c1-30-37(7-5-10-42(30)56-18-6-16-53-17-15-36(54)24-47(53,2)3)38-8-4-9-40-39(38)12-13-43(40)58-45-23-44(57-29-33-20-31(25-49)19-32(21-33)26-50)34(22-41(45)48)27-51-35-11-14-46(55)52-28-35/h4-5,7-10,19-23,35-36,43,51,54H,6,11-18,24,27-29H2,1-3H3,(H,52,55)/t35-,36?,43-/m0/s1. The summed E-state index contributed by atoms with van der Waals surface area (Å²) in [6.07, 6.45) is 4.93. The molecule has 11 heteroatoms. The number of benzene rings is 4. The molecule has 2 aliphatic heterocycles. The van der Waals surface area contributed by atoms with Crippen molar-refractivity contribution >= 4 is 17.5 Å². The Morgan fingerprint density at radius 3 is 2.47 bits per heavy atom. The van der Waals surface area contributed by atoms with Gasteiger partial charge in [0.05, 0.1) is 41.0 Å². The van der Waals surface area contributed by atoms with Gasteiger partial charge < -0.3 is 30.0 Å². The van der Waals surface area contributed by atoms with Crippen LogP contribution in [0.3, 0.4) is 0 Å². The molecule has 1 amide bonds. The number of nitriles is 2. The summed E-state index contributed by atoms with van der Waals surface area (Å²) in [4.78, 5) is 14.2. The molecular weight excluding hydrogens is 750 g/mol. The monoisotopic (exact) mass is 801 g/mol. The zero-order chi connectivity index (χ0) is 40.8. The topological polar surface area (TPSA) is 140 Å². The molecule has 0 aromatic heterocycles. The number of nitrogens with one attached hydrogen (secondary N) is 2. The molecule has 0 saturated carbocycles. The Morgan fingerprint density at radius 1 is 0.948 bits per heavy atom. The van der Waals surface area contributed by atoms with Gasteiger partial charge in [0.25, 0.3) is 0 Å². The fourth-order valence-corrected chi connectivity index (χ4v) is 8.87. The highest BCUT2D eigenvalue weighted by Crippen LogP contribution is 2.44. The summed E-state index contributed by atoms with van der Waals surface area (Å²) in [5.74, 6) is 2.03. The fourth-order valence-electron chi connectivity index (χ4n) is 8.64. The minimum Gasteiger partial charge on any atom is -0.493 e. The van der Waals surface area contributed by atoms with Crippen LogP contribution in [-0.2, 0) is 24.4 Å². The maximum absolute atomic E-state index is 11.7. The van der Waals surface area contributed by atoms with E-state index < -0.39 is 0 Å². The third kappa shape index (κ3) is 9.60. The predicted molar refractivity (Wildman–Crippen MR) is 224 cm³/mol. The molecule has 1 unspecified atom stereocenters. The Kier molecular flexibility index (Phi) is 12.9.